The summed E-state index contributed by atoms with van der Waals surface area (Å²) in [6, 6.07) is 0. The highest BCUT2D eigenvalue weighted by Gasteiger charge is 2.30. The fraction of sp³-hybridized carbons (Fsp3) is 0.885. The van der Waals surface area contributed by atoms with Crippen LogP contribution in [-0.2, 0) is 9.53 Å². The Morgan fingerprint density at radius 2 is 1.52 bits per heavy atom. The standard InChI is InChI=1S/C26H46O3/c1-3-4-6-10-22-11-15-24(16-12-22)25-17-13-23(14-18-25)20-29-19-8-5-7-9-21(2)26(27)28/h9,22-25H,3-8,10-20H2,1-2H3,(H,27,28)/b21-9+/t22-,23?,24-,25?. The minimum Gasteiger partial charge on any atom is -0.478 e. The van der Waals surface area contributed by atoms with Crippen LogP contribution in [0.2, 0.25) is 0 Å². The molecule has 0 heterocycles. The molecule has 2 rings (SSSR count). The van der Waals surface area contributed by atoms with Gasteiger partial charge in [0.1, 0.15) is 0 Å². The van der Waals surface area contributed by atoms with E-state index in [1.54, 1.807) is 6.92 Å². The topological polar surface area (TPSA) is 46.5 Å². The van der Waals surface area contributed by atoms with Crippen molar-refractivity contribution >= 4 is 5.97 Å². The molecule has 0 aliphatic heterocycles. The summed E-state index contributed by atoms with van der Waals surface area (Å²) in [5.41, 5.74) is 0.452. The molecule has 2 aliphatic rings. The van der Waals surface area contributed by atoms with Gasteiger partial charge in [-0.25, -0.2) is 4.79 Å². The van der Waals surface area contributed by atoms with E-state index in [2.05, 4.69) is 6.92 Å². The SMILES string of the molecule is CCCCC[C@H]1CC[C@H](C2CCC(COCCCC/C=C(\C)C(=O)O)CC2)CC1. The summed E-state index contributed by atoms with van der Waals surface area (Å²) < 4.78 is 5.93. The maximum absolute atomic E-state index is 10.7. The van der Waals surface area contributed by atoms with Gasteiger partial charge >= 0.3 is 5.97 Å². The summed E-state index contributed by atoms with van der Waals surface area (Å²) in [6.45, 7) is 5.72. The summed E-state index contributed by atoms with van der Waals surface area (Å²) in [7, 11) is 0. The number of aliphatic carboxylic acids is 1. The maximum Gasteiger partial charge on any atom is 0.330 e. The number of carbonyl (C=O) groups is 1. The van der Waals surface area contributed by atoms with Gasteiger partial charge < -0.3 is 9.84 Å². The summed E-state index contributed by atoms with van der Waals surface area (Å²) in [6.07, 6.45) is 22.0. The minimum absolute atomic E-state index is 0.452. The van der Waals surface area contributed by atoms with Crippen LogP contribution in [-0.4, -0.2) is 24.3 Å². The van der Waals surface area contributed by atoms with Crippen LogP contribution in [0.15, 0.2) is 11.6 Å². The quantitative estimate of drug-likeness (QED) is 0.256. The van der Waals surface area contributed by atoms with Crippen molar-refractivity contribution in [3.8, 4) is 0 Å². The molecule has 0 radical (unpaired) electrons. The lowest BCUT2D eigenvalue weighted by Gasteiger charge is -2.38. The van der Waals surface area contributed by atoms with E-state index in [0.29, 0.717) is 5.57 Å². The molecule has 3 heteroatoms. The second-order valence-electron chi connectivity index (χ2n) is 9.82. The van der Waals surface area contributed by atoms with Gasteiger partial charge in [-0.2, -0.15) is 0 Å². The van der Waals surface area contributed by atoms with Crippen LogP contribution >= 0.6 is 0 Å². The number of hydrogen-bond donors (Lipinski definition) is 1. The molecule has 0 aromatic rings. The second kappa shape index (κ2) is 14.2. The van der Waals surface area contributed by atoms with Crippen LogP contribution in [0.1, 0.15) is 110 Å². The summed E-state index contributed by atoms with van der Waals surface area (Å²) in [5.74, 6) is 3.00. The van der Waals surface area contributed by atoms with Gasteiger partial charge in [0.15, 0.2) is 0 Å². The average Bonchev–Trinajstić information content (AvgIpc) is 2.74. The normalized spacial score (nSPS) is 28.4. The Kier molecular flexibility index (Phi) is 12.0. The summed E-state index contributed by atoms with van der Waals surface area (Å²) in [4.78, 5) is 10.7. The van der Waals surface area contributed by atoms with Crippen LogP contribution < -0.4 is 0 Å². The molecule has 2 fully saturated rings. The molecule has 0 bridgehead atoms. The largest absolute Gasteiger partial charge is 0.478 e. The summed E-state index contributed by atoms with van der Waals surface area (Å²) >= 11 is 0. The molecule has 3 nitrogen and oxygen atoms in total. The van der Waals surface area contributed by atoms with Crippen molar-refractivity contribution < 1.29 is 14.6 Å². The van der Waals surface area contributed by atoms with Crippen LogP contribution in [0, 0.1) is 23.7 Å². The van der Waals surface area contributed by atoms with Crippen molar-refractivity contribution in [3.63, 3.8) is 0 Å². The second-order valence-corrected chi connectivity index (χ2v) is 9.82. The van der Waals surface area contributed by atoms with Crippen molar-refractivity contribution in [1.29, 1.82) is 0 Å². The maximum atomic E-state index is 10.7. The molecule has 2 aliphatic carbocycles. The first-order chi connectivity index (χ1) is 14.1. The van der Waals surface area contributed by atoms with Gasteiger partial charge in [-0.05, 0) is 88.4 Å². The molecule has 168 valence electrons. The molecule has 0 aromatic heterocycles. The molecule has 0 aromatic carbocycles. The third-order valence-corrected chi connectivity index (χ3v) is 7.55. The van der Waals surface area contributed by atoms with E-state index in [0.717, 1.165) is 56.1 Å². The van der Waals surface area contributed by atoms with Crippen LogP contribution in [0.25, 0.3) is 0 Å². The van der Waals surface area contributed by atoms with E-state index in [4.69, 9.17) is 9.84 Å². The smallest absolute Gasteiger partial charge is 0.330 e. The van der Waals surface area contributed by atoms with E-state index >= 15 is 0 Å². The molecule has 1 N–H and O–H groups in total. The van der Waals surface area contributed by atoms with Gasteiger partial charge in [-0.15, -0.1) is 0 Å². The van der Waals surface area contributed by atoms with Crippen LogP contribution in [0.5, 0.6) is 0 Å². The zero-order chi connectivity index (χ0) is 20.9. The van der Waals surface area contributed by atoms with E-state index in [9.17, 15) is 4.79 Å². The van der Waals surface area contributed by atoms with Crippen molar-refractivity contribution in [3.05, 3.63) is 11.6 Å². The molecule has 0 saturated heterocycles. The van der Waals surface area contributed by atoms with Crippen molar-refractivity contribution in [2.75, 3.05) is 13.2 Å². The molecule has 2 saturated carbocycles. The van der Waals surface area contributed by atoms with Gasteiger partial charge in [0.25, 0.3) is 0 Å². The first-order valence-corrected chi connectivity index (χ1v) is 12.6. The Labute approximate surface area is 179 Å². The molecule has 0 unspecified atom stereocenters. The number of carboxylic acids is 1. The Bertz CT molecular complexity index is 468. The van der Waals surface area contributed by atoms with Gasteiger partial charge in [0.05, 0.1) is 0 Å². The van der Waals surface area contributed by atoms with E-state index in [1.807, 2.05) is 6.08 Å². The predicted octanol–water partition coefficient (Wildman–Crippen LogP) is 7.40. The minimum atomic E-state index is -0.808. The number of carboxylic acid groups (broad SMARTS) is 1. The average molecular weight is 407 g/mol. The lowest BCUT2D eigenvalue weighted by molar-refractivity contribution is -0.132. The Morgan fingerprint density at radius 3 is 2.10 bits per heavy atom. The van der Waals surface area contributed by atoms with Crippen LogP contribution in [0.3, 0.4) is 0 Å². The monoisotopic (exact) mass is 406 g/mol. The van der Waals surface area contributed by atoms with Gasteiger partial charge in [-0.1, -0.05) is 51.5 Å². The fourth-order valence-electron chi connectivity index (χ4n) is 5.46. The Balaban J connectivity index is 1.48. The number of allylic oxidation sites excluding steroid dienone is 1. The van der Waals surface area contributed by atoms with E-state index in [-0.39, 0.29) is 0 Å². The molecular weight excluding hydrogens is 360 g/mol. The van der Waals surface area contributed by atoms with Gasteiger partial charge in [-0.3, -0.25) is 0 Å². The zero-order valence-corrected chi connectivity index (χ0v) is 19.2. The zero-order valence-electron chi connectivity index (χ0n) is 19.2. The number of hydrogen-bond acceptors (Lipinski definition) is 2. The first-order valence-electron chi connectivity index (χ1n) is 12.6. The third-order valence-electron chi connectivity index (χ3n) is 7.55. The Hall–Kier alpha value is -0.830. The summed E-state index contributed by atoms with van der Waals surface area (Å²) in [5, 5.41) is 8.83. The molecule has 0 amide bonds. The van der Waals surface area contributed by atoms with Gasteiger partial charge in [0, 0.05) is 18.8 Å². The van der Waals surface area contributed by atoms with Gasteiger partial charge in [0.2, 0.25) is 0 Å². The van der Waals surface area contributed by atoms with Crippen molar-refractivity contribution in [2.45, 2.75) is 110 Å². The van der Waals surface area contributed by atoms with Crippen LogP contribution in [0.4, 0.5) is 0 Å². The predicted molar refractivity (Wildman–Crippen MR) is 121 cm³/mol. The molecule has 0 atom stereocenters. The molecule has 29 heavy (non-hydrogen) atoms. The fourth-order valence-corrected chi connectivity index (χ4v) is 5.46. The van der Waals surface area contributed by atoms with Crippen molar-refractivity contribution in [1.82, 2.24) is 0 Å². The highest BCUT2D eigenvalue weighted by molar-refractivity contribution is 5.85. The number of rotatable bonds is 13. The Morgan fingerprint density at radius 1 is 0.897 bits per heavy atom. The molecular formula is C26H46O3. The first kappa shape index (κ1) is 24.4. The van der Waals surface area contributed by atoms with E-state index < -0.39 is 5.97 Å². The lowest BCUT2D eigenvalue weighted by atomic mass is 9.69. The van der Waals surface area contributed by atoms with Crippen molar-refractivity contribution in [2.24, 2.45) is 23.7 Å². The number of unbranched alkanes of at least 4 members (excludes halogenated alkanes) is 4. The highest BCUT2D eigenvalue weighted by Crippen LogP contribution is 2.42. The highest BCUT2D eigenvalue weighted by atomic mass is 16.5. The number of ether oxygens (including phenoxy) is 1. The van der Waals surface area contributed by atoms with E-state index in [1.165, 1.54) is 77.0 Å². The molecule has 0 spiro atoms. The third kappa shape index (κ3) is 9.68. The lowest BCUT2D eigenvalue weighted by Crippen LogP contribution is -2.27.